The molecular weight excluding hydrogens is 324 g/mol. The number of hydrogen-bond acceptors (Lipinski definition) is 3. The largest absolute Gasteiger partial charge is 0.496 e. The zero-order valence-corrected chi connectivity index (χ0v) is 17.2. The van der Waals surface area contributed by atoms with E-state index in [4.69, 9.17) is 9.47 Å². The van der Waals surface area contributed by atoms with E-state index in [1.165, 1.54) is 31.7 Å². The van der Waals surface area contributed by atoms with Crippen LogP contribution < -0.4 is 4.74 Å². The molecule has 0 unspecified atom stereocenters. The first-order chi connectivity index (χ1) is 12.1. The predicted molar refractivity (Wildman–Crippen MR) is 105 cm³/mol. The molecule has 1 fully saturated rings. The fourth-order valence-electron chi connectivity index (χ4n) is 5.36. The van der Waals surface area contributed by atoms with E-state index in [9.17, 15) is 4.79 Å². The molecule has 0 saturated heterocycles. The monoisotopic (exact) mass is 356 g/mol. The molecule has 0 spiro atoms. The molecule has 1 aromatic carbocycles. The number of carbonyl (C=O) groups excluding carboxylic acids is 1. The van der Waals surface area contributed by atoms with Crippen molar-refractivity contribution in [2.24, 2.45) is 11.3 Å². The van der Waals surface area contributed by atoms with Crippen LogP contribution in [0.3, 0.4) is 0 Å². The molecule has 0 aliphatic heterocycles. The molecule has 2 aliphatic carbocycles. The van der Waals surface area contributed by atoms with E-state index in [0.29, 0.717) is 11.7 Å². The number of allylic oxidation sites excluding steroid dienone is 1. The summed E-state index contributed by atoms with van der Waals surface area (Å²) in [6, 6.07) is 4.15. The van der Waals surface area contributed by atoms with Crippen LogP contribution >= 0.6 is 0 Å². The Hall–Kier alpha value is -1.77. The van der Waals surface area contributed by atoms with Crippen LogP contribution in [0.2, 0.25) is 0 Å². The molecule has 1 saturated carbocycles. The average molecular weight is 357 g/mol. The van der Waals surface area contributed by atoms with E-state index in [-0.39, 0.29) is 22.7 Å². The number of ether oxygens (including phenoxy) is 2. The van der Waals surface area contributed by atoms with Crippen molar-refractivity contribution in [1.82, 2.24) is 0 Å². The first kappa shape index (κ1) is 19.0. The molecule has 1 aromatic rings. The van der Waals surface area contributed by atoms with Gasteiger partial charge in [0.25, 0.3) is 0 Å². The van der Waals surface area contributed by atoms with Crippen LogP contribution in [0.4, 0.5) is 0 Å². The molecule has 142 valence electrons. The second-order valence-electron chi connectivity index (χ2n) is 9.12. The van der Waals surface area contributed by atoms with Crippen LogP contribution in [0.5, 0.6) is 5.75 Å². The molecule has 0 heterocycles. The fourth-order valence-corrected chi connectivity index (χ4v) is 5.36. The van der Waals surface area contributed by atoms with Crippen molar-refractivity contribution >= 4 is 11.7 Å². The Bertz CT molecular complexity index is 757. The minimum atomic E-state index is -0.284. The van der Waals surface area contributed by atoms with Crippen molar-refractivity contribution in [3.8, 4) is 5.75 Å². The van der Waals surface area contributed by atoms with Gasteiger partial charge >= 0.3 is 5.97 Å². The molecular formula is C23H32O3. The van der Waals surface area contributed by atoms with Gasteiger partial charge in [-0.1, -0.05) is 47.1 Å². The summed E-state index contributed by atoms with van der Waals surface area (Å²) in [5.41, 5.74) is 3.87. The third kappa shape index (κ3) is 2.86. The maximum atomic E-state index is 11.6. The molecule has 0 radical (unpaired) electrons. The van der Waals surface area contributed by atoms with Gasteiger partial charge in [0, 0.05) is 23.5 Å². The predicted octanol–water partition coefficient (Wildman–Crippen LogP) is 5.82. The lowest BCUT2D eigenvalue weighted by atomic mass is 9.51. The van der Waals surface area contributed by atoms with Gasteiger partial charge in [0.15, 0.2) is 0 Å². The molecule has 3 nitrogen and oxygen atoms in total. The molecule has 26 heavy (non-hydrogen) atoms. The van der Waals surface area contributed by atoms with Crippen LogP contribution in [0.15, 0.2) is 18.2 Å². The fraction of sp³-hybridized carbons (Fsp3) is 0.609. The van der Waals surface area contributed by atoms with Crippen molar-refractivity contribution in [2.45, 2.75) is 72.1 Å². The van der Waals surface area contributed by atoms with E-state index < -0.39 is 0 Å². The summed E-state index contributed by atoms with van der Waals surface area (Å²) in [6.45, 7) is 12.9. The van der Waals surface area contributed by atoms with Crippen molar-refractivity contribution in [3.05, 3.63) is 34.9 Å². The number of fused-ring (bicyclic) bond motifs is 3. The first-order valence-corrected chi connectivity index (χ1v) is 9.74. The van der Waals surface area contributed by atoms with Gasteiger partial charge < -0.3 is 9.47 Å². The van der Waals surface area contributed by atoms with E-state index in [1.807, 2.05) is 6.07 Å². The molecule has 2 aliphatic rings. The van der Waals surface area contributed by atoms with E-state index in [1.54, 1.807) is 7.11 Å². The number of methoxy groups -OCH3 is 1. The van der Waals surface area contributed by atoms with Crippen molar-refractivity contribution < 1.29 is 14.3 Å². The van der Waals surface area contributed by atoms with Crippen LogP contribution in [-0.4, -0.2) is 13.1 Å². The lowest BCUT2D eigenvalue weighted by Gasteiger charge is -2.53. The molecule has 0 amide bonds. The van der Waals surface area contributed by atoms with Crippen LogP contribution in [0.25, 0.3) is 5.76 Å². The van der Waals surface area contributed by atoms with Gasteiger partial charge in [-0.05, 0) is 47.8 Å². The maximum Gasteiger partial charge on any atom is 0.308 e. The summed E-state index contributed by atoms with van der Waals surface area (Å²) in [6.07, 6.45) is 5.98. The van der Waals surface area contributed by atoms with Crippen molar-refractivity contribution in [1.29, 1.82) is 0 Å². The maximum absolute atomic E-state index is 11.6. The number of hydrogen-bond donors (Lipinski definition) is 0. The average Bonchev–Trinajstić information content (AvgIpc) is 2.52. The number of esters is 1. The van der Waals surface area contributed by atoms with Crippen LogP contribution in [-0.2, 0) is 14.9 Å². The normalized spacial score (nSPS) is 26.6. The first-order valence-electron chi connectivity index (χ1n) is 9.74. The highest BCUT2D eigenvalue weighted by molar-refractivity contribution is 5.76. The Morgan fingerprint density at radius 2 is 1.88 bits per heavy atom. The van der Waals surface area contributed by atoms with Gasteiger partial charge in [0.05, 0.1) is 7.11 Å². The second-order valence-corrected chi connectivity index (χ2v) is 9.12. The molecule has 3 rings (SSSR count). The van der Waals surface area contributed by atoms with Gasteiger partial charge in [-0.15, -0.1) is 0 Å². The third-order valence-corrected chi connectivity index (χ3v) is 6.48. The zero-order chi connectivity index (χ0) is 19.3. The summed E-state index contributed by atoms with van der Waals surface area (Å²) in [5.74, 6) is 1.97. The van der Waals surface area contributed by atoms with E-state index >= 15 is 0 Å². The van der Waals surface area contributed by atoms with Gasteiger partial charge in [-0.3, -0.25) is 4.79 Å². The quantitative estimate of drug-likeness (QED) is 0.505. The topological polar surface area (TPSA) is 35.5 Å². The standard InChI is InChI=1S/C23H32O3/c1-14(2)20-17(26-15(3)24)10-9-16-21(20)18(25-7)13-19-22(4,5)11-8-12-23(16,19)6/h9-10,13-14,19H,8,11-12H2,1-7H3/t19-,23+/m0/s1. The van der Waals surface area contributed by atoms with Crippen molar-refractivity contribution in [3.63, 3.8) is 0 Å². The summed E-state index contributed by atoms with van der Waals surface area (Å²) < 4.78 is 11.4. The molecule has 3 heteroatoms. The van der Waals surface area contributed by atoms with Crippen LogP contribution in [0.1, 0.15) is 83.4 Å². The summed E-state index contributed by atoms with van der Waals surface area (Å²) >= 11 is 0. The van der Waals surface area contributed by atoms with Crippen LogP contribution in [0, 0.1) is 11.3 Å². The Morgan fingerprint density at radius 1 is 1.19 bits per heavy atom. The minimum absolute atomic E-state index is 0.0809. The smallest absolute Gasteiger partial charge is 0.308 e. The lowest BCUT2D eigenvalue weighted by Crippen LogP contribution is -2.46. The second kappa shape index (κ2) is 6.44. The Labute approximate surface area is 157 Å². The van der Waals surface area contributed by atoms with Gasteiger partial charge in [-0.25, -0.2) is 0 Å². The Kier molecular flexibility index (Phi) is 4.71. The van der Waals surface area contributed by atoms with E-state index in [0.717, 1.165) is 16.9 Å². The highest BCUT2D eigenvalue weighted by atomic mass is 16.5. The molecule has 0 N–H and O–H groups in total. The summed E-state index contributed by atoms with van der Waals surface area (Å²) in [5, 5.41) is 0. The minimum Gasteiger partial charge on any atom is -0.496 e. The van der Waals surface area contributed by atoms with Gasteiger partial charge in [-0.2, -0.15) is 0 Å². The Balaban J connectivity index is 2.30. The zero-order valence-electron chi connectivity index (χ0n) is 17.2. The summed E-state index contributed by atoms with van der Waals surface area (Å²) in [7, 11) is 1.75. The number of rotatable bonds is 3. The number of carbonyl (C=O) groups is 1. The molecule has 2 atom stereocenters. The molecule has 0 bridgehead atoms. The Morgan fingerprint density at radius 3 is 2.46 bits per heavy atom. The SMILES string of the molecule is COC1=C[C@H]2C(C)(C)CCC[C@]2(C)c2ccc(OC(C)=O)c(C(C)C)c21. The highest BCUT2D eigenvalue weighted by Gasteiger charge is 2.50. The number of benzene rings is 1. The van der Waals surface area contributed by atoms with E-state index in [2.05, 4.69) is 46.8 Å². The van der Waals surface area contributed by atoms with Gasteiger partial charge in [0.1, 0.15) is 11.5 Å². The highest BCUT2D eigenvalue weighted by Crippen LogP contribution is 2.58. The van der Waals surface area contributed by atoms with Gasteiger partial charge in [0.2, 0.25) is 0 Å². The third-order valence-electron chi connectivity index (χ3n) is 6.48. The lowest BCUT2D eigenvalue weighted by molar-refractivity contribution is -0.131. The van der Waals surface area contributed by atoms with Crippen molar-refractivity contribution in [2.75, 3.05) is 7.11 Å². The molecule has 0 aromatic heterocycles. The summed E-state index contributed by atoms with van der Waals surface area (Å²) in [4.78, 5) is 11.6.